The van der Waals surface area contributed by atoms with Crippen molar-refractivity contribution in [1.29, 1.82) is 0 Å². The van der Waals surface area contributed by atoms with Crippen molar-refractivity contribution in [1.82, 2.24) is 0 Å². The quantitative estimate of drug-likeness (QED) is 0.758. The Balaban J connectivity index is 3.28. The number of rotatable bonds is 9. The van der Waals surface area contributed by atoms with Crippen molar-refractivity contribution in [3.8, 4) is 5.75 Å². The normalized spacial score (nSPS) is 12.5. The predicted molar refractivity (Wildman–Crippen MR) is 87.2 cm³/mol. The van der Waals surface area contributed by atoms with E-state index in [1.165, 1.54) is 0 Å². The molecule has 1 aromatic carbocycles. The first-order valence-corrected chi connectivity index (χ1v) is 7.71. The van der Waals surface area contributed by atoms with E-state index < -0.39 is 6.10 Å². The highest BCUT2D eigenvalue weighted by atomic mass is 16.5. The number of aliphatic hydroxyl groups is 1. The second kappa shape index (κ2) is 8.90. The van der Waals surface area contributed by atoms with Crippen LogP contribution >= 0.6 is 0 Å². The van der Waals surface area contributed by atoms with Gasteiger partial charge in [-0.15, -0.1) is 0 Å². The first kappa shape index (κ1) is 17.8. The first-order valence-electron chi connectivity index (χ1n) is 7.71. The fraction of sp³-hybridized carbons (Fsp3) is 0.647. The molecular formula is C17H29NO3. The molecule has 21 heavy (non-hydrogen) atoms. The van der Waals surface area contributed by atoms with Crippen molar-refractivity contribution >= 4 is 5.69 Å². The van der Waals surface area contributed by atoms with Gasteiger partial charge in [0.2, 0.25) is 0 Å². The van der Waals surface area contributed by atoms with Crippen molar-refractivity contribution in [2.75, 3.05) is 32.3 Å². The second-order valence-corrected chi connectivity index (χ2v) is 5.23. The van der Waals surface area contributed by atoms with Gasteiger partial charge in [0, 0.05) is 30.9 Å². The topological polar surface area (TPSA) is 41.9 Å². The maximum absolute atomic E-state index is 10.2. The molecule has 4 nitrogen and oxygen atoms in total. The Hall–Kier alpha value is -1.26. The fourth-order valence-electron chi connectivity index (χ4n) is 2.80. The van der Waals surface area contributed by atoms with E-state index >= 15 is 0 Å². The van der Waals surface area contributed by atoms with Crippen molar-refractivity contribution < 1.29 is 14.6 Å². The van der Waals surface area contributed by atoms with E-state index in [0.717, 1.165) is 36.4 Å². The third-order valence-electron chi connectivity index (χ3n) is 3.91. The van der Waals surface area contributed by atoms with Crippen LogP contribution in [-0.4, -0.2) is 38.5 Å². The van der Waals surface area contributed by atoms with Crippen LogP contribution in [0.4, 0.5) is 5.69 Å². The van der Waals surface area contributed by atoms with Gasteiger partial charge < -0.3 is 19.5 Å². The van der Waals surface area contributed by atoms with E-state index in [1.54, 1.807) is 21.1 Å². The van der Waals surface area contributed by atoms with Crippen molar-refractivity contribution in [2.45, 2.75) is 45.8 Å². The summed E-state index contributed by atoms with van der Waals surface area (Å²) in [5.74, 6) is 0.732. The Morgan fingerprint density at radius 1 is 1.19 bits per heavy atom. The Morgan fingerprint density at radius 2 is 1.86 bits per heavy atom. The molecule has 0 amide bonds. The highest BCUT2D eigenvalue weighted by Gasteiger charge is 2.22. The average molecular weight is 295 g/mol. The Morgan fingerprint density at radius 3 is 2.33 bits per heavy atom. The lowest BCUT2D eigenvalue weighted by Crippen LogP contribution is -2.38. The minimum absolute atomic E-state index is 0.421. The lowest BCUT2D eigenvalue weighted by Gasteiger charge is -2.35. The van der Waals surface area contributed by atoms with E-state index in [1.807, 2.05) is 12.1 Å². The fourth-order valence-corrected chi connectivity index (χ4v) is 2.80. The van der Waals surface area contributed by atoms with Crippen molar-refractivity contribution in [2.24, 2.45) is 0 Å². The van der Waals surface area contributed by atoms with Crippen LogP contribution in [0.1, 0.15) is 45.3 Å². The summed E-state index contributed by atoms with van der Waals surface area (Å²) in [7, 11) is 3.36. The predicted octanol–water partition coefficient (Wildman–Crippen LogP) is 3.39. The van der Waals surface area contributed by atoms with E-state index in [9.17, 15) is 5.11 Å². The van der Waals surface area contributed by atoms with Gasteiger partial charge in [0.25, 0.3) is 0 Å². The van der Waals surface area contributed by atoms with Gasteiger partial charge in [0.05, 0.1) is 19.8 Å². The van der Waals surface area contributed by atoms with E-state index in [0.29, 0.717) is 12.6 Å². The third kappa shape index (κ3) is 4.35. The van der Waals surface area contributed by atoms with Gasteiger partial charge in [-0.3, -0.25) is 0 Å². The van der Waals surface area contributed by atoms with Crippen LogP contribution in [0.2, 0.25) is 0 Å². The molecule has 0 radical (unpaired) electrons. The monoisotopic (exact) mass is 295 g/mol. The summed E-state index contributed by atoms with van der Waals surface area (Å²) < 4.78 is 10.7. The van der Waals surface area contributed by atoms with Crippen molar-refractivity contribution in [3.05, 3.63) is 23.8 Å². The molecule has 0 fully saturated rings. The highest BCUT2D eigenvalue weighted by Crippen LogP contribution is 2.36. The summed E-state index contributed by atoms with van der Waals surface area (Å²) in [6.07, 6.45) is 1.53. The highest BCUT2D eigenvalue weighted by molar-refractivity contribution is 5.61. The van der Waals surface area contributed by atoms with Crippen LogP contribution in [0, 0.1) is 0 Å². The molecule has 0 aliphatic carbocycles. The zero-order valence-electron chi connectivity index (χ0n) is 13.9. The summed E-state index contributed by atoms with van der Waals surface area (Å²) in [4.78, 5) is 2.33. The van der Waals surface area contributed by atoms with Crippen LogP contribution in [0.15, 0.2) is 18.2 Å². The summed E-state index contributed by atoms with van der Waals surface area (Å²) in [6, 6.07) is 6.35. The third-order valence-corrected chi connectivity index (χ3v) is 3.91. The minimum atomic E-state index is -0.574. The number of ether oxygens (including phenoxy) is 2. The smallest absolute Gasteiger partial charge is 0.126 e. The number of anilines is 1. The minimum Gasteiger partial charge on any atom is -0.496 e. The first-order chi connectivity index (χ1) is 10.1. The molecule has 1 N–H and O–H groups in total. The van der Waals surface area contributed by atoms with Crippen LogP contribution in [0.5, 0.6) is 5.75 Å². The molecule has 1 aromatic rings. The molecule has 0 saturated heterocycles. The Kier molecular flexibility index (Phi) is 7.54. The molecule has 0 saturated carbocycles. The molecule has 1 atom stereocenters. The van der Waals surface area contributed by atoms with Gasteiger partial charge in [0.15, 0.2) is 0 Å². The molecule has 120 valence electrons. The number of aliphatic hydroxyl groups excluding tert-OH is 1. The summed E-state index contributed by atoms with van der Waals surface area (Å²) >= 11 is 0. The number of hydrogen-bond donors (Lipinski definition) is 1. The maximum atomic E-state index is 10.2. The Bertz CT molecular complexity index is 416. The zero-order valence-corrected chi connectivity index (χ0v) is 13.9. The molecule has 1 rings (SSSR count). The molecule has 0 bridgehead atoms. The second-order valence-electron chi connectivity index (χ2n) is 5.23. The van der Waals surface area contributed by atoms with Gasteiger partial charge >= 0.3 is 0 Å². The van der Waals surface area contributed by atoms with E-state index in [2.05, 4.69) is 24.8 Å². The molecule has 0 aliphatic rings. The van der Waals surface area contributed by atoms with Gasteiger partial charge in [0.1, 0.15) is 5.75 Å². The lowest BCUT2D eigenvalue weighted by molar-refractivity contribution is 0.192. The van der Waals surface area contributed by atoms with Gasteiger partial charge in [-0.05, 0) is 31.9 Å². The van der Waals surface area contributed by atoms with Crippen molar-refractivity contribution in [3.63, 3.8) is 0 Å². The molecule has 0 heterocycles. The van der Waals surface area contributed by atoms with Gasteiger partial charge in [-0.25, -0.2) is 0 Å². The van der Waals surface area contributed by atoms with Gasteiger partial charge in [-0.2, -0.15) is 0 Å². The molecule has 4 heteroatoms. The molecule has 0 aliphatic heterocycles. The standard InChI is InChI=1S/C17H29NO3/c1-6-14(7-2)18(11-12-20-4)15-9-8-10-16(21-5)17(15)13(3)19/h8-10,13-14,19H,6-7,11-12H2,1-5H3/t13-/m1/s1. The summed E-state index contributed by atoms with van der Waals surface area (Å²) in [5, 5.41) is 10.2. The van der Waals surface area contributed by atoms with E-state index in [4.69, 9.17) is 9.47 Å². The SMILES string of the molecule is CCC(CC)N(CCOC)c1cccc(OC)c1[C@@H](C)O. The van der Waals surface area contributed by atoms with E-state index in [-0.39, 0.29) is 0 Å². The maximum Gasteiger partial charge on any atom is 0.126 e. The number of methoxy groups -OCH3 is 2. The van der Waals surface area contributed by atoms with Crippen LogP contribution in [-0.2, 0) is 4.74 Å². The molecule has 0 spiro atoms. The lowest BCUT2D eigenvalue weighted by atomic mass is 10.0. The molecule has 0 unspecified atom stereocenters. The van der Waals surface area contributed by atoms with Crippen LogP contribution < -0.4 is 9.64 Å². The summed E-state index contributed by atoms with van der Waals surface area (Å²) in [5.41, 5.74) is 1.89. The molecule has 0 aromatic heterocycles. The number of nitrogens with zero attached hydrogens (tertiary/aromatic N) is 1. The zero-order chi connectivity index (χ0) is 15.8. The Labute approximate surface area is 128 Å². The largest absolute Gasteiger partial charge is 0.496 e. The van der Waals surface area contributed by atoms with Crippen LogP contribution in [0.3, 0.4) is 0 Å². The summed E-state index contributed by atoms with van der Waals surface area (Å²) in [6.45, 7) is 7.62. The number of hydrogen-bond acceptors (Lipinski definition) is 4. The van der Waals surface area contributed by atoms with Gasteiger partial charge in [-0.1, -0.05) is 19.9 Å². The molecular weight excluding hydrogens is 266 g/mol. The average Bonchev–Trinajstić information content (AvgIpc) is 2.50. The number of benzene rings is 1. The van der Waals surface area contributed by atoms with Crippen LogP contribution in [0.25, 0.3) is 0 Å².